The van der Waals surface area contributed by atoms with Crippen molar-refractivity contribution in [2.24, 2.45) is 5.73 Å². The van der Waals surface area contributed by atoms with Gasteiger partial charge in [-0.1, -0.05) is 43.5 Å². The van der Waals surface area contributed by atoms with Crippen molar-refractivity contribution in [1.29, 1.82) is 0 Å². The van der Waals surface area contributed by atoms with E-state index >= 15 is 0 Å². The Balaban J connectivity index is 2.25. The van der Waals surface area contributed by atoms with Gasteiger partial charge < -0.3 is 5.73 Å². The van der Waals surface area contributed by atoms with Crippen molar-refractivity contribution in [1.82, 2.24) is 0 Å². The van der Waals surface area contributed by atoms with E-state index in [1.807, 2.05) is 12.1 Å². The van der Waals surface area contributed by atoms with E-state index in [1.54, 1.807) is 12.1 Å². The first-order chi connectivity index (χ1) is 8.95. The fourth-order valence-corrected chi connectivity index (χ4v) is 3.14. The second kappa shape index (κ2) is 6.35. The summed E-state index contributed by atoms with van der Waals surface area (Å²) in [6.07, 6.45) is 0.533. The van der Waals surface area contributed by atoms with Gasteiger partial charge in [0, 0.05) is 20.0 Å². The van der Waals surface area contributed by atoms with Crippen molar-refractivity contribution in [3.05, 3.63) is 67.3 Å². The molecular weight excluding hydrogens is 396 g/mol. The van der Waals surface area contributed by atoms with Gasteiger partial charge >= 0.3 is 0 Å². The maximum absolute atomic E-state index is 13.2. The second-order valence-electron chi connectivity index (χ2n) is 4.25. The fourth-order valence-electron chi connectivity index (χ4n) is 1.84. The molecule has 0 aliphatic rings. The molecule has 2 aromatic carbocycles. The Bertz CT molecular complexity index is 584. The molecule has 0 spiro atoms. The first-order valence-electron chi connectivity index (χ1n) is 5.61. The third-order valence-electron chi connectivity index (χ3n) is 2.76. The molecule has 0 amide bonds. The molecule has 2 aromatic rings. The Kier molecular flexibility index (Phi) is 5.01. The molecule has 1 atom stereocenters. The molecule has 1 unspecified atom stereocenters. The molecule has 5 heteroatoms. The van der Waals surface area contributed by atoms with E-state index in [0.29, 0.717) is 11.4 Å². The summed E-state index contributed by atoms with van der Waals surface area (Å²) in [5.74, 6) is -0.266. The fraction of sp³-hybridized carbons (Fsp3) is 0.143. The lowest BCUT2D eigenvalue weighted by Gasteiger charge is -2.14. The summed E-state index contributed by atoms with van der Waals surface area (Å²) >= 11 is 12.8. The van der Waals surface area contributed by atoms with Gasteiger partial charge in [0.2, 0.25) is 0 Å². The minimum Gasteiger partial charge on any atom is -0.324 e. The van der Waals surface area contributed by atoms with E-state index in [1.165, 1.54) is 12.1 Å². The molecule has 0 aliphatic carbocycles. The van der Waals surface area contributed by atoms with Crippen LogP contribution in [0, 0.1) is 5.82 Å². The Labute approximate surface area is 133 Å². The van der Waals surface area contributed by atoms with Crippen LogP contribution in [0.3, 0.4) is 0 Å². The van der Waals surface area contributed by atoms with Crippen LogP contribution in [0.15, 0.2) is 45.3 Å². The molecule has 19 heavy (non-hydrogen) atoms. The van der Waals surface area contributed by atoms with Crippen LogP contribution >= 0.6 is 43.5 Å². The summed E-state index contributed by atoms with van der Waals surface area (Å²) in [7, 11) is 0. The quantitative estimate of drug-likeness (QED) is 0.739. The van der Waals surface area contributed by atoms with Gasteiger partial charge in [0.1, 0.15) is 5.82 Å². The van der Waals surface area contributed by atoms with E-state index in [-0.39, 0.29) is 11.9 Å². The molecule has 0 heterocycles. The Morgan fingerprint density at radius 1 is 1.16 bits per heavy atom. The van der Waals surface area contributed by atoms with Gasteiger partial charge in [0.05, 0.1) is 0 Å². The maximum Gasteiger partial charge on any atom is 0.123 e. The molecule has 1 nitrogen and oxygen atoms in total. The van der Waals surface area contributed by atoms with Gasteiger partial charge in [-0.25, -0.2) is 4.39 Å². The third-order valence-corrected chi connectivity index (χ3v) is 4.21. The van der Waals surface area contributed by atoms with E-state index in [4.69, 9.17) is 17.3 Å². The minimum absolute atomic E-state index is 0.243. The predicted octanol–water partition coefficient (Wildman–Crippen LogP) is 5.25. The first kappa shape index (κ1) is 15.0. The highest BCUT2D eigenvalue weighted by molar-refractivity contribution is 9.10. The normalized spacial score (nSPS) is 12.5. The highest BCUT2D eigenvalue weighted by atomic mass is 79.9. The molecule has 0 radical (unpaired) electrons. The van der Waals surface area contributed by atoms with E-state index < -0.39 is 0 Å². The zero-order chi connectivity index (χ0) is 14.0. The van der Waals surface area contributed by atoms with Crippen LogP contribution in [-0.2, 0) is 6.42 Å². The second-order valence-corrected chi connectivity index (χ2v) is 6.46. The van der Waals surface area contributed by atoms with Crippen molar-refractivity contribution in [2.75, 3.05) is 0 Å². The number of hydrogen-bond donors (Lipinski definition) is 1. The molecule has 0 aromatic heterocycles. The van der Waals surface area contributed by atoms with Crippen molar-refractivity contribution in [3.8, 4) is 0 Å². The van der Waals surface area contributed by atoms with Gasteiger partial charge in [0.15, 0.2) is 0 Å². The van der Waals surface area contributed by atoms with Crippen LogP contribution in [0.1, 0.15) is 17.2 Å². The highest BCUT2D eigenvalue weighted by Gasteiger charge is 2.11. The van der Waals surface area contributed by atoms with Gasteiger partial charge in [-0.3, -0.25) is 0 Å². The van der Waals surface area contributed by atoms with Crippen molar-refractivity contribution in [2.45, 2.75) is 12.5 Å². The number of halogens is 4. The molecule has 2 rings (SSSR count). The molecule has 0 aliphatic heterocycles. The lowest BCUT2D eigenvalue weighted by atomic mass is 10.00. The van der Waals surface area contributed by atoms with Crippen molar-refractivity contribution < 1.29 is 4.39 Å². The van der Waals surface area contributed by atoms with Crippen LogP contribution in [0.25, 0.3) is 0 Å². The van der Waals surface area contributed by atoms with E-state index in [9.17, 15) is 4.39 Å². The monoisotopic (exact) mass is 405 g/mol. The third kappa shape index (κ3) is 4.02. The van der Waals surface area contributed by atoms with Crippen LogP contribution < -0.4 is 5.73 Å². The summed E-state index contributed by atoms with van der Waals surface area (Å²) in [5.41, 5.74) is 7.91. The van der Waals surface area contributed by atoms with Crippen molar-refractivity contribution in [3.63, 3.8) is 0 Å². The zero-order valence-electron chi connectivity index (χ0n) is 9.84. The number of rotatable bonds is 3. The van der Waals surface area contributed by atoms with Crippen LogP contribution in [0.5, 0.6) is 0 Å². The molecular formula is C14H11Br2ClFN. The largest absolute Gasteiger partial charge is 0.324 e. The Morgan fingerprint density at radius 2 is 1.89 bits per heavy atom. The summed E-state index contributed by atoms with van der Waals surface area (Å²) in [5, 5.41) is 0.623. The molecule has 2 N–H and O–H groups in total. The highest BCUT2D eigenvalue weighted by Crippen LogP contribution is 2.27. The number of nitrogens with two attached hydrogens (primary N) is 1. The van der Waals surface area contributed by atoms with Gasteiger partial charge in [-0.15, -0.1) is 0 Å². The van der Waals surface area contributed by atoms with E-state index in [0.717, 1.165) is 20.1 Å². The first-order valence-corrected chi connectivity index (χ1v) is 7.57. The van der Waals surface area contributed by atoms with E-state index in [2.05, 4.69) is 31.9 Å². The van der Waals surface area contributed by atoms with Gasteiger partial charge in [0.25, 0.3) is 0 Å². The summed E-state index contributed by atoms with van der Waals surface area (Å²) in [6, 6.07) is 9.89. The number of hydrogen-bond acceptors (Lipinski definition) is 1. The maximum atomic E-state index is 13.2. The van der Waals surface area contributed by atoms with Crippen LogP contribution in [0.2, 0.25) is 5.02 Å². The number of benzene rings is 2. The zero-order valence-corrected chi connectivity index (χ0v) is 13.8. The molecule has 0 fully saturated rings. The van der Waals surface area contributed by atoms with Crippen LogP contribution in [0.4, 0.5) is 4.39 Å². The summed E-state index contributed by atoms with van der Waals surface area (Å²) < 4.78 is 15.0. The van der Waals surface area contributed by atoms with Crippen molar-refractivity contribution >= 4 is 43.5 Å². The SMILES string of the molecule is NC(Cc1cc(F)ccc1Br)c1cc(Cl)cc(Br)c1. The van der Waals surface area contributed by atoms with Crippen LogP contribution in [-0.4, -0.2) is 0 Å². The molecule has 0 saturated heterocycles. The standard InChI is InChI=1S/C14H11Br2ClFN/c15-10-3-9(4-11(17)7-10)14(19)6-8-5-12(18)1-2-13(8)16/h1-5,7,14H,6,19H2. The summed E-state index contributed by atoms with van der Waals surface area (Å²) in [4.78, 5) is 0. The topological polar surface area (TPSA) is 26.0 Å². The predicted molar refractivity (Wildman–Crippen MR) is 83.9 cm³/mol. The lowest BCUT2D eigenvalue weighted by Crippen LogP contribution is -2.13. The van der Waals surface area contributed by atoms with Gasteiger partial charge in [-0.2, -0.15) is 0 Å². The average Bonchev–Trinajstić information content (AvgIpc) is 2.32. The lowest BCUT2D eigenvalue weighted by molar-refractivity contribution is 0.621. The minimum atomic E-state index is -0.266. The smallest absolute Gasteiger partial charge is 0.123 e. The average molecular weight is 408 g/mol. The molecule has 100 valence electrons. The Hall–Kier alpha value is -0.420. The summed E-state index contributed by atoms with van der Waals surface area (Å²) in [6.45, 7) is 0. The molecule has 0 bridgehead atoms. The Morgan fingerprint density at radius 3 is 2.58 bits per heavy atom. The van der Waals surface area contributed by atoms with Gasteiger partial charge in [-0.05, 0) is 53.9 Å². The molecule has 0 saturated carbocycles.